The first kappa shape index (κ1) is 21.5. The first-order valence-electron chi connectivity index (χ1n) is 10.7. The van der Waals surface area contributed by atoms with Crippen LogP contribution >= 0.6 is 11.8 Å². The molecule has 4 heterocycles. The minimum atomic E-state index is -0.0796. The number of amidine groups is 1. The Balaban J connectivity index is 1.54. The van der Waals surface area contributed by atoms with Gasteiger partial charge < -0.3 is 15.2 Å². The molecule has 6 nitrogen and oxygen atoms in total. The van der Waals surface area contributed by atoms with Gasteiger partial charge in [0.05, 0.1) is 18.6 Å². The Hall–Kier alpha value is -3.34. The summed E-state index contributed by atoms with van der Waals surface area (Å²) in [5.41, 5.74) is 11.5. The van der Waals surface area contributed by atoms with E-state index < -0.39 is 0 Å². The van der Waals surface area contributed by atoms with Gasteiger partial charge in [0.1, 0.15) is 5.75 Å². The summed E-state index contributed by atoms with van der Waals surface area (Å²) >= 11 is 1.32. The number of nitrogens with two attached hydrogens (primary N) is 1. The Kier molecular flexibility index (Phi) is 5.57. The Morgan fingerprint density at radius 3 is 2.67 bits per heavy atom. The lowest BCUT2D eigenvalue weighted by molar-refractivity contribution is -0.0648. The van der Waals surface area contributed by atoms with E-state index in [1.165, 1.54) is 11.8 Å². The van der Waals surface area contributed by atoms with Gasteiger partial charge in [0.15, 0.2) is 5.17 Å². The van der Waals surface area contributed by atoms with E-state index >= 15 is 0 Å². The van der Waals surface area contributed by atoms with Crippen LogP contribution in [0, 0.1) is 29.6 Å². The smallest absolute Gasteiger partial charge is 0.223 e. The molecule has 1 atom stereocenters. The van der Waals surface area contributed by atoms with Crippen LogP contribution in [0.2, 0.25) is 0 Å². The van der Waals surface area contributed by atoms with E-state index in [1.54, 1.807) is 0 Å². The van der Waals surface area contributed by atoms with Crippen molar-refractivity contribution in [1.82, 2.24) is 9.97 Å². The van der Waals surface area contributed by atoms with Gasteiger partial charge in [-0.2, -0.15) is 0 Å². The van der Waals surface area contributed by atoms with Crippen LogP contribution in [0.4, 0.5) is 0 Å². The van der Waals surface area contributed by atoms with Crippen molar-refractivity contribution in [3.05, 3.63) is 71.2 Å². The Morgan fingerprint density at radius 2 is 1.97 bits per heavy atom. The van der Waals surface area contributed by atoms with E-state index in [-0.39, 0.29) is 16.5 Å². The average Bonchev–Trinajstić information content (AvgIpc) is 2.79. The molecule has 2 aliphatic rings. The fraction of sp³-hybridized carbons (Fsp3) is 0.269. The monoisotopic (exact) mass is 456 g/mol. The van der Waals surface area contributed by atoms with Crippen molar-refractivity contribution in [2.75, 3.05) is 19.0 Å². The quantitative estimate of drug-likeness (QED) is 0.337. The molecule has 0 saturated carbocycles. The highest BCUT2D eigenvalue weighted by Crippen LogP contribution is 2.45. The first-order chi connectivity index (χ1) is 15.9. The molecule has 2 aromatic heterocycles. The van der Waals surface area contributed by atoms with Crippen molar-refractivity contribution in [2.45, 2.75) is 19.8 Å². The van der Waals surface area contributed by atoms with E-state index in [0.29, 0.717) is 24.8 Å². The summed E-state index contributed by atoms with van der Waals surface area (Å²) in [6, 6.07) is 12.1. The number of benzene rings is 1. The summed E-state index contributed by atoms with van der Waals surface area (Å²) < 4.78 is 11.5. The molecule has 7 heteroatoms. The lowest BCUT2D eigenvalue weighted by atomic mass is 9.87. The first-order valence-corrected chi connectivity index (χ1v) is 11.7. The van der Waals surface area contributed by atoms with Crippen molar-refractivity contribution >= 4 is 16.9 Å². The fourth-order valence-electron chi connectivity index (χ4n) is 3.92. The zero-order valence-electron chi connectivity index (χ0n) is 18.5. The second kappa shape index (κ2) is 8.54. The molecule has 1 saturated heterocycles. The third kappa shape index (κ3) is 4.45. The molecule has 5 rings (SSSR count). The number of aromatic nitrogens is 2. The number of nitrogens with zero attached hydrogens (tertiary/aromatic N) is 2. The van der Waals surface area contributed by atoms with Crippen LogP contribution in [0.15, 0.2) is 48.8 Å². The molecule has 0 spiro atoms. The number of pyridine rings is 2. The largest absolute Gasteiger partial charge is 0.438 e. The lowest BCUT2D eigenvalue weighted by Crippen LogP contribution is -2.38. The van der Waals surface area contributed by atoms with Gasteiger partial charge in [-0.1, -0.05) is 29.7 Å². The minimum absolute atomic E-state index is 0.0344. The Morgan fingerprint density at radius 1 is 1.15 bits per heavy atom. The van der Waals surface area contributed by atoms with Crippen molar-refractivity contribution in [3.8, 4) is 34.6 Å². The van der Waals surface area contributed by atoms with E-state index in [0.717, 1.165) is 39.3 Å². The number of thioether (sulfide) groups is 1. The van der Waals surface area contributed by atoms with Gasteiger partial charge in [0.2, 0.25) is 5.88 Å². The number of rotatable bonds is 3. The summed E-state index contributed by atoms with van der Waals surface area (Å²) in [7, 11) is 0. The molecule has 33 heavy (non-hydrogen) atoms. The van der Waals surface area contributed by atoms with Gasteiger partial charge in [0.25, 0.3) is 0 Å². The maximum absolute atomic E-state index is 7.73. The minimum Gasteiger partial charge on any atom is -0.438 e. The van der Waals surface area contributed by atoms with Gasteiger partial charge in [-0.25, -0.2) is 4.98 Å². The molecule has 2 aliphatic heterocycles. The summed E-state index contributed by atoms with van der Waals surface area (Å²) in [4.78, 5) is 9.03. The van der Waals surface area contributed by atoms with E-state index in [4.69, 9.17) is 20.6 Å². The van der Waals surface area contributed by atoms with Crippen LogP contribution in [-0.2, 0) is 4.74 Å². The topological polar surface area (TPSA) is 94.1 Å². The van der Waals surface area contributed by atoms with E-state index in [9.17, 15) is 0 Å². The molecule has 0 aliphatic carbocycles. The molecule has 1 fully saturated rings. The second-order valence-electron chi connectivity index (χ2n) is 8.69. The molecular formula is C26H24N4O2S. The van der Waals surface area contributed by atoms with Gasteiger partial charge >= 0.3 is 0 Å². The number of fused-ring (bicyclic) bond motifs is 2. The molecule has 3 N–H and O–H groups in total. The summed E-state index contributed by atoms with van der Waals surface area (Å²) in [5, 5.41) is 7.82. The molecule has 1 aromatic carbocycles. The van der Waals surface area contributed by atoms with Crippen LogP contribution in [0.25, 0.3) is 11.1 Å². The summed E-state index contributed by atoms with van der Waals surface area (Å²) in [5.74, 6) is 8.57. The number of ether oxygens (including phenoxy) is 2. The zero-order valence-corrected chi connectivity index (χ0v) is 19.3. The van der Waals surface area contributed by atoms with Crippen molar-refractivity contribution in [2.24, 2.45) is 11.1 Å². The Labute approximate surface area is 197 Å². The van der Waals surface area contributed by atoms with Crippen molar-refractivity contribution in [3.63, 3.8) is 0 Å². The lowest BCUT2D eigenvalue weighted by Gasteiger charge is -2.32. The van der Waals surface area contributed by atoms with Crippen LogP contribution in [0.1, 0.15) is 35.2 Å². The van der Waals surface area contributed by atoms with Gasteiger partial charge in [-0.05, 0) is 44.2 Å². The number of hydrogen-bond donors (Lipinski definition) is 2. The fourth-order valence-corrected chi connectivity index (χ4v) is 4.63. The predicted octanol–water partition coefficient (Wildman–Crippen LogP) is 4.70. The highest BCUT2D eigenvalue weighted by Gasteiger charge is 2.32. The number of nitrogens with one attached hydrogen (secondary N) is 1. The normalized spacial score (nSPS) is 17.5. The average molecular weight is 457 g/mol. The van der Waals surface area contributed by atoms with Crippen LogP contribution in [0.5, 0.6) is 11.6 Å². The van der Waals surface area contributed by atoms with Crippen LogP contribution < -0.4 is 10.5 Å². The maximum Gasteiger partial charge on any atom is 0.223 e. The van der Waals surface area contributed by atoms with Gasteiger partial charge in [-0.15, -0.1) is 0 Å². The van der Waals surface area contributed by atoms with Gasteiger partial charge in [-0.3, -0.25) is 10.4 Å². The predicted molar refractivity (Wildman–Crippen MR) is 131 cm³/mol. The third-order valence-electron chi connectivity index (χ3n) is 5.85. The Bertz CT molecular complexity index is 1290. The highest BCUT2D eigenvalue weighted by atomic mass is 32.2. The second-order valence-corrected chi connectivity index (χ2v) is 9.75. The SMILES string of the molecule is Cc1ccc(-c2cnc3c(c2)C(CSC(=N)N)c2cc(C#CC4(C)COC4)ccc2O3)cn1. The maximum atomic E-state index is 7.73. The zero-order chi connectivity index (χ0) is 23.0. The van der Waals surface area contributed by atoms with Crippen LogP contribution in [0.3, 0.4) is 0 Å². The van der Waals surface area contributed by atoms with E-state index in [2.05, 4.69) is 40.9 Å². The number of aryl methyl sites for hydroxylation is 1. The molecular weight excluding hydrogens is 432 g/mol. The van der Waals surface area contributed by atoms with E-state index in [1.807, 2.05) is 43.6 Å². The molecule has 0 bridgehead atoms. The summed E-state index contributed by atoms with van der Waals surface area (Å²) in [6.45, 7) is 5.41. The molecule has 3 aromatic rings. The number of hydrogen-bond acceptors (Lipinski definition) is 6. The third-order valence-corrected chi connectivity index (χ3v) is 6.66. The standard InChI is InChI=1S/C26H24N4O2S/c1-16-3-5-18(11-29-16)19-10-21-22(13-33-25(27)28)20-9-17(7-8-26(2)14-31-15-26)4-6-23(20)32-24(21)30-12-19/h3-6,9-12,22H,13-15H2,1-2H3,(H3,27,28). The van der Waals surface area contributed by atoms with Crippen LogP contribution in [-0.4, -0.2) is 34.1 Å². The molecule has 0 radical (unpaired) electrons. The molecule has 0 amide bonds. The van der Waals surface area contributed by atoms with Crippen molar-refractivity contribution < 1.29 is 9.47 Å². The summed E-state index contributed by atoms with van der Waals surface area (Å²) in [6.07, 6.45) is 3.67. The highest BCUT2D eigenvalue weighted by molar-refractivity contribution is 8.13. The van der Waals surface area contributed by atoms with Crippen molar-refractivity contribution in [1.29, 1.82) is 5.41 Å². The van der Waals surface area contributed by atoms with Gasteiger partial charge in [0, 0.05) is 57.6 Å². The molecule has 1 unspecified atom stereocenters. The molecule has 166 valence electrons.